The van der Waals surface area contributed by atoms with Crippen LogP contribution in [0.5, 0.6) is 0 Å². The van der Waals surface area contributed by atoms with Crippen LogP contribution in [0.15, 0.2) is 30.6 Å². The van der Waals surface area contributed by atoms with Crippen molar-refractivity contribution in [2.24, 2.45) is 0 Å². The zero-order chi connectivity index (χ0) is 20.5. The standard InChI is InChI=1S/C17H18N6O5Se/c18-17-20-15-14(19-8-22(15)13-5-11(25)12(6-24)28-13)16(21-17)29-7-9-1-3-10(4-2-9)23(26)27/h1-4,8,11-13,24-25H,5-7H2,(H2,18,20,21). The van der Waals surface area contributed by atoms with Gasteiger partial charge in [0.1, 0.15) is 0 Å². The Bertz CT molecular complexity index is 1040. The summed E-state index contributed by atoms with van der Waals surface area (Å²) in [6, 6.07) is 6.40. The number of hydrogen-bond donors (Lipinski definition) is 3. The minimum absolute atomic E-state index is 0.0496. The van der Waals surface area contributed by atoms with Crippen LogP contribution in [-0.2, 0) is 10.1 Å². The summed E-state index contributed by atoms with van der Waals surface area (Å²) in [5, 5.41) is 30.7. The Kier molecular flexibility index (Phi) is 5.43. The van der Waals surface area contributed by atoms with Gasteiger partial charge < -0.3 is 0 Å². The molecule has 3 unspecified atom stereocenters. The van der Waals surface area contributed by atoms with E-state index in [0.29, 0.717) is 27.5 Å². The van der Waals surface area contributed by atoms with Crippen molar-refractivity contribution in [1.82, 2.24) is 19.5 Å². The summed E-state index contributed by atoms with van der Waals surface area (Å²) in [5.74, 6) is 0.108. The molecular formula is C17H18N6O5Se. The number of nitro benzene ring substituents is 1. The van der Waals surface area contributed by atoms with E-state index in [2.05, 4.69) is 15.0 Å². The van der Waals surface area contributed by atoms with Crippen LogP contribution in [-0.4, -0.2) is 68.4 Å². The Hall–Kier alpha value is -2.63. The fraction of sp³-hybridized carbons (Fsp3) is 0.353. The molecule has 2 aromatic heterocycles. The monoisotopic (exact) mass is 466 g/mol. The van der Waals surface area contributed by atoms with Gasteiger partial charge in [-0.25, -0.2) is 0 Å². The van der Waals surface area contributed by atoms with Crippen LogP contribution >= 0.6 is 0 Å². The molecule has 4 rings (SSSR count). The number of anilines is 1. The van der Waals surface area contributed by atoms with Gasteiger partial charge >= 0.3 is 171 Å². The first kappa shape index (κ1) is 19.7. The molecule has 1 aliphatic rings. The normalized spacial score (nSPS) is 21.7. The number of aromatic nitrogens is 4. The Labute approximate surface area is 170 Å². The molecule has 3 heterocycles. The zero-order valence-electron chi connectivity index (χ0n) is 15.1. The van der Waals surface area contributed by atoms with Crippen LogP contribution in [0.4, 0.5) is 11.6 Å². The van der Waals surface area contributed by atoms with E-state index in [1.807, 2.05) is 0 Å². The van der Waals surface area contributed by atoms with E-state index in [9.17, 15) is 20.3 Å². The van der Waals surface area contributed by atoms with E-state index in [0.717, 1.165) is 5.56 Å². The van der Waals surface area contributed by atoms with Crippen molar-refractivity contribution < 1.29 is 19.9 Å². The number of imidazole rings is 1. The first-order valence-corrected chi connectivity index (χ1v) is 10.8. The van der Waals surface area contributed by atoms with Crippen LogP contribution in [0.3, 0.4) is 0 Å². The van der Waals surface area contributed by atoms with Gasteiger partial charge in [0.15, 0.2) is 0 Å². The summed E-state index contributed by atoms with van der Waals surface area (Å²) in [7, 11) is 0. The Morgan fingerprint density at radius 3 is 2.76 bits per heavy atom. The van der Waals surface area contributed by atoms with Gasteiger partial charge in [0.2, 0.25) is 0 Å². The number of aliphatic hydroxyl groups is 2. The number of non-ortho nitro benzene ring substituents is 1. The number of nitrogen functional groups attached to an aromatic ring is 1. The van der Waals surface area contributed by atoms with Gasteiger partial charge in [-0.3, -0.25) is 0 Å². The molecule has 1 aliphatic heterocycles. The van der Waals surface area contributed by atoms with Gasteiger partial charge in [-0.2, -0.15) is 0 Å². The van der Waals surface area contributed by atoms with E-state index in [1.165, 1.54) is 12.1 Å². The Balaban J connectivity index is 1.57. The van der Waals surface area contributed by atoms with E-state index in [-0.39, 0.29) is 33.2 Å². The molecule has 0 saturated carbocycles. The number of aliphatic hydroxyl groups excluding tert-OH is 2. The molecule has 3 aromatic rings. The van der Waals surface area contributed by atoms with Crippen LogP contribution in [0.25, 0.3) is 11.2 Å². The average molecular weight is 465 g/mol. The molecule has 0 spiro atoms. The molecule has 29 heavy (non-hydrogen) atoms. The average Bonchev–Trinajstić information content (AvgIpc) is 3.29. The van der Waals surface area contributed by atoms with Gasteiger partial charge in [0.05, 0.1) is 0 Å². The number of nitrogens with two attached hydrogens (primary N) is 1. The molecule has 11 nitrogen and oxygen atoms in total. The van der Waals surface area contributed by atoms with Crippen LogP contribution in [0.2, 0.25) is 0 Å². The first-order valence-electron chi connectivity index (χ1n) is 8.77. The molecule has 0 radical (unpaired) electrons. The fourth-order valence-corrected chi connectivity index (χ4v) is 5.09. The molecule has 3 atom stereocenters. The number of nitro groups is 1. The molecule has 1 aromatic carbocycles. The fourth-order valence-electron chi connectivity index (χ4n) is 3.13. The van der Waals surface area contributed by atoms with E-state index >= 15 is 0 Å². The topological polar surface area (TPSA) is 162 Å². The van der Waals surface area contributed by atoms with Crippen LogP contribution in [0.1, 0.15) is 18.2 Å². The number of hydrogen-bond acceptors (Lipinski definition) is 9. The van der Waals surface area contributed by atoms with Crippen molar-refractivity contribution in [3.05, 3.63) is 46.3 Å². The number of nitrogens with zero attached hydrogens (tertiary/aromatic N) is 5. The van der Waals surface area contributed by atoms with Crippen molar-refractivity contribution in [3.63, 3.8) is 0 Å². The second-order valence-electron chi connectivity index (χ2n) is 6.54. The molecule has 1 fully saturated rings. The summed E-state index contributed by atoms with van der Waals surface area (Å²) in [5.41, 5.74) is 8.01. The summed E-state index contributed by atoms with van der Waals surface area (Å²) >= 11 is -0.131. The Morgan fingerprint density at radius 2 is 2.10 bits per heavy atom. The van der Waals surface area contributed by atoms with E-state index in [1.54, 1.807) is 23.0 Å². The Morgan fingerprint density at radius 1 is 1.34 bits per heavy atom. The number of rotatable bonds is 6. The van der Waals surface area contributed by atoms with Crippen molar-refractivity contribution in [3.8, 4) is 0 Å². The summed E-state index contributed by atoms with van der Waals surface area (Å²) in [6.07, 6.45) is -0.0444. The molecular weight excluding hydrogens is 447 g/mol. The third kappa shape index (κ3) is 3.93. The van der Waals surface area contributed by atoms with Crippen molar-refractivity contribution in [1.29, 1.82) is 0 Å². The van der Waals surface area contributed by atoms with Crippen molar-refractivity contribution in [2.75, 3.05) is 12.3 Å². The number of fused-ring (bicyclic) bond motifs is 1. The third-order valence-corrected chi connectivity index (χ3v) is 6.80. The SMILES string of the molecule is Nc1nc([Se]Cc2ccc([N+](=O)[O-])cc2)c2ncn(C3CC(O)C(CO)O3)c2n1. The van der Waals surface area contributed by atoms with Crippen LogP contribution in [0, 0.1) is 10.1 Å². The van der Waals surface area contributed by atoms with Crippen LogP contribution < -0.4 is 10.3 Å². The first-order chi connectivity index (χ1) is 14.0. The van der Waals surface area contributed by atoms with Gasteiger partial charge in [-0.1, -0.05) is 0 Å². The van der Waals surface area contributed by atoms with Gasteiger partial charge in [0, 0.05) is 0 Å². The maximum absolute atomic E-state index is 10.8. The van der Waals surface area contributed by atoms with E-state index < -0.39 is 23.4 Å². The minimum atomic E-state index is -0.771. The van der Waals surface area contributed by atoms with E-state index in [4.69, 9.17) is 10.5 Å². The summed E-state index contributed by atoms with van der Waals surface area (Å²) in [4.78, 5) is 23.4. The van der Waals surface area contributed by atoms with Gasteiger partial charge in [-0.05, 0) is 0 Å². The second-order valence-corrected chi connectivity index (χ2v) is 8.56. The van der Waals surface area contributed by atoms with Crippen molar-refractivity contribution in [2.45, 2.75) is 30.2 Å². The zero-order valence-corrected chi connectivity index (χ0v) is 16.8. The molecule has 0 aliphatic carbocycles. The molecule has 4 N–H and O–H groups in total. The van der Waals surface area contributed by atoms with Crippen molar-refractivity contribution >= 4 is 42.3 Å². The third-order valence-electron chi connectivity index (χ3n) is 4.62. The molecule has 1 saturated heterocycles. The maximum atomic E-state index is 10.8. The second kappa shape index (κ2) is 8.01. The van der Waals surface area contributed by atoms with Gasteiger partial charge in [-0.15, -0.1) is 0 Å². The molecule has 152 valence electrons. The summed E-state index contributed by atoms with van der Waals surface area (Å²) < 4.78 is 8.10. The predicted molar refractivity (Wildman–Crippen MR) is 104 cm³/mol. The number of ether oxygens (including phenoxy) is 1. The molecule has 12 heteroatoms. The molecule has 0 bridgehead atoms. The van der Waals surface area contributed by atoms with Gasteiger partial charge in [0.25, 0.3) is 0 Å². The molecule has 0 amide bonds. The summed E-state index contributed by atoms with van der Waals surface area (Å²) in [6.45, 7) is -0.273. The number of benzene rings is 1. The predicted octanol–water partition coefficient (Wildman–Crippen LogP) is -0.513. The quantitative estimate of drug-likeness (QED) is 0.247.